The molecule has 0 saturated heterocycles. The van der Waals surface area contributed by atoms with Gasteiger partial charge in [-0.1, -0.05) is 13.8 Å². The van der Waals surface area contributed by atoms with E-state index in [0.29, 0.717) is 6.04 Å². The fraction of sp³-hybridized carbons (Fsp3) is 0.667. The van der Waals surface area contributed by atoms with Crippen LogP contribution in [0, 0.1) is 11.8 Å². The first-order chi connectivity index (χ1) is 7.25. The molecule has 0 bridgehead atoms. The molecular formula is C12H19N3. The van der Waals surface area contributed by atoms with Crippen molar-refractivity contribution in [1.82, 2.24) is 9.97 Å². The van der Waals surface area contributed by atoms with Crippen molar-refractivity contribution in [2.45, 2.75) is 39.2 Å². The minimum absolute atomic E-state index is 0.590. The lowest BCUT2D eigenvalue weighted by molar-refractivity contribution is 0.276. The van der Waals surface area contributed by atoms with E-state index < -0.39 is 0 Å². The maximum atomic E-state index is 4.02. The lowest BCUT2D eigenvalue weighted by atomic mass is 9.80. The van der Waals surface area contributed by atoms with Gasteiger partial charge < -0.3 is 5.32 Å². The average Bonchev–Trinajstić information content (AvgIpc) is 2.24. The van der Waals surface area contributed by atoms with Gasteiger partial charge in [0.25, 0.3) is 0 Å². The second kappa shape index (κ2) is 4.60. The predicted octanol–water partition coefficient (Wildman–Crippen LogP) is 2.71. The predicted molar refractivity (Wildman–Crippen MR) is 61.6 cm³/mol. The van der Waals surface area contributed by atoms with Gasteiger partial charge >= 0.3 is 0 Å². The van der Waals surface area contributed by atoms with Crippen molar-refractivity contribution < 1.29 is 0 Å². The molecule has 1 N–H and O–H groups in total. The molecule has 0 spiro atoms. The second-order valence-electron chi connectivity index (χ2n) is 4.77. The molecule has 0 amide bonds. The number of anilines is 1. The van der Waals surface area contributed by atoms with Crippen LogP contribution in [0.25, 0.3) is 0 Å². The summed E-state index contributed by atoms with van der Waals surface area (Å²) in [6.45, 7) is 4.68. The zero-order chi connectivity index (χ0) is 10.7. The number of rotatable bonds is 2. The lowest BCUT2D eigenvalue weighted by Crippen LogP contribution is -2.33. The van der Waals surface area contributed by atoms with Gasteiger partial charge in [-0.2, -0.15) is 0 Å². The van der Waals surface area contributed by atoms with Crippen molar-refractivity contribution in [1.29, 1.82) is 0 Å². The molecule has 1 saturated carbocycles. The summed E-state index contributed by atoms with van der Waals surface area (Å²) in [6, 6.07) is 0.590. The summed E-state index contributed by atoms with van der Waals surface area (Å²) in [4.78, 5) is 8.03. The Kier molecular flexibility index (Phi) is 3.19. The molecule has 1 aliphatic rings. The molecule has 1 aromatic rings. The third-order valence-corrected chi connectivity index (χ3v) is 3.34. The van der Waals surface area contributed by atoms with E-state index in [9.17, 15) is 0 Å². The Bertz CT molecular complexity index is 299. The quantitative estimate of drug-likeness (QED) is 0.806. The molecule has 15 heavy (non-hydrogen) atoms. The number of nitrogens with one attached hydrogen (secondary N) is 1. The highest BCUT2D eigenvalue weighted by atomic mass is 15.0. The van der Waals surface area contributed by atoms with Crippen molar-refractivity contribution >= 4 is 5.69 Å². The van der Waals surface area contributed by atoms with E-state index in [2.05, 4.69) is 29.1 Å². The van der Waals surface area contributed by atoms with Crippen LogP contribution in [0.1, 0.15) is 33.1 Å². The molecule has 2 rings (SSSR count). The Morgan fingerprint density at radius 1 is 1.20 bits per heavy atom. The van der Waals surface area contributed by atoms with Crippen LogP contribution in [-0.2, 0) is 0 Å². The summed E-state index contributed by atoms with van der Waals surface area (Å²) in [6.07, 6.45) is 9.17. The monoisotopic (exact) mass is 205 g/mol. The van der Waals surface area contributed by atoms with Gasteiger partial charge in [-0.05, 0) is 31.1 Å². The van der Waals surface area contributed by atoms with Gasteiger partial charge in [-0.15, -0.1) is 0 Å². The van der Waals surface area contributed by atoms with E-state index in [1.165, 1.54) is 19.3 Å². The zero-order valence-corrected chi connectivity index (χ0v) is 9.48. The van der Waals surface area contributed by atoms with E-state index in [1.807, 2.05) is 12.4 Å². The second-order valence-corrected chi connectivity index (χ2v) is 4.77. The average molecular weight is 205 g/mol. The first-order valence-corrected chi connectivity index (χ1v) is 5.77. The van der Waals surface area contributed by atoms with Crippen molar-refractivity contribution in [3.63, 3.8) is 0 Å². The topological polar surface area (TPSA) is 37.8 Å². The molecule has 82 valence electrons. The maximum Gasteiger partial charge on any atom is 0.115 e. The van der Waals surface area contributed by atoms with Crippen molar-refractivity contribution in [3.05, 3.63) is 18.7 Å². The Labute approximate surface area is 91.3 Å². The van der Waals surface area contributed by atoms with Gasteiger partial charge in [0.2, 0.25) is 0 Å². The summed E-state index contributed by atoms with van der Waals surface area (Å²) in [5, 5.41) is 3.53. The summed E-state index contributed by atoms with van der Waals surface area (Å²) >= 11 is 0. The maximum absolute atomic E-state index is 4.02. The molecular weight excluding hydrogens is 186 g/mol. The van der Waals surface area contributed by atoms with Crippen LogP contribution < -0.4 is 5.32 Å². The number of hydrogen-bond donors (Lipinski definition) is 1. The minimum Gasteiger partial charge on any atom is -0.380 e. The molecule has 3 unspecified atom stereocenters. The highest BCUT2D eigenvalue weighted by Gasteiger charge is 2.24. The third kappa shape index (κ3) is 2.67. The molecule has 3 nitrogen and oxygen atoms in total. The smallest absolute Gasteiger partial charge is 0.115 e. The SMILES string of the molecule is CC1CCC(Nc2cncnc2)C(C)C1. The normalized spacial score (nSPS) is 31.2. The molecule has 1 aromatic heterocycles. The van der Waals surface area contributed by atoms with Crippen molar-refractivity contribution in [2.24, 2.45) is 11.8 Å². The Hall–Kier alpha value is -1.12. The molecule has 1 aliphatic carbocycles. The minimum atomic E-state index is 0.590. The molecule has 1 fully saturated rings. The van der Waals surface area contributed by atoms with Gasteiger partial charge in [0.05, 0.1) is 18.1 Å². The van der Waals surface area contributed by atoms with Gasteiger partial charge in [-0.3, -0.25) is 0 Å². The first-order valence-electron chi connectivity index (χ1n) is 5.77. The van der Waals surface area contributed by atoms with Crippen LogP contribution in [0.5, 0.6) is 0 Å². The van der Waals surface area contributed by atoms with E-state index >= 15 is 0 Å². The molecule has 0 aromatic carbocycles. The number of hydrogen-bond acceptors (Lipinski definition) is 3. The molecule has 1 heterocycles. The van der Waals surface area contributed by atoms with Gasteiger partial charge in [0.15, 0.2) is 0 Å². The van der Waals surface area contributed by atoms with E-state index in [-0.39, 0.29) is 0 Å². The lowest BCUT2D eigenvalue weighted by Gasteiger charge is -2.33. The van der Waals surface area contributed by atoms with Gasteiger partial charge in [0, 0.05) is 6.04 Å². The highest BCUT2D eigenvalue weighted by Crippen LogP contribution is 2.30. The standard InChI is InChI=1S/C12H19N3/c1-9-3-4-12(10(2)5-9)15-11-6-13-8-14-7-11/h6-10,12,15H,3-5H2,1-2H3. The fourth-order valence-corrected chi connectivity index (χ4v) is 2.47. The number of nitrogens with zero attached hydrogens (tertiary/aromatic N) is 2. The first kappa shape index (κ1) is 10.4. The van der Waals surface area contributed by atoms with Crippen LogP contribution in [-0.4, -0.2) is 16.0 Å². The molecule has 0 aliphatic heterocycles. The van der Waals surface area contributed by atoms with Crippen molar-refractivity contribution in [2.75, 3.05) is 5.32 Å². The molecule has 3 heteroatoms. The number of aromatic nitrogens is 2. The van der Waals surface area contributed by atoms with Crippen LogP contribution in [0.4, 0.5) is 5.69 Å². The zero-order valence-electron chi connectivity index (χ0n) is 9.48. The summed E-state index contributed by atoms with van der Waals surface area (Å²) < 4.78 is 0. The summed E-state index contributed by atoms with van der Waals surface area (Å²) in [7, 11) is 0. The summed E-state index contributed by atoms with van der Waals surface area (Å²) in [5.41, 5.74) is 1.05. The van der Waals surface area contributed by atoms with Gasteiger partial charge in [-0.25, -0.2) is 9.97 Å². The molecule has 0 radical (unpaired) electrons. The Morgan fingerprint density at radius 2 is 1.93 bits per heavy atom. The largest absolute Gasteiger partial charge is 0.380 e. The molecule has 3 atom stereocenters. The van der Waals surface area contributed by atoms with Crippen molar-refractivity contribution in [3.8, 4) is 0 Å². The van der Waals surface area contributed by atoms with Crippen LogP contribution >= 0.6 is 0 Å². The fourth-order valence-electron chi connectivity index (χ4n) is 2.47. The van der Waals surface area contributed by atoms with E-state index in [0.717, 1.165) is 17.5 Å². The Morgan fingerprint density at radius 3 is 2.60 bits per heavy atom. The van der Waals surface area contributed by atoms with Gasteiger partial charge in [0.1, 0.15) is 6.33 Å². The highest BCUT2D eigenvalue weighted by molar-refractivity contribution is 5.38. The Balaban J connectivity index is 1.95. The van der Waals surface area contributed by atoms with Crippen LogP contribution in [0.3, 0.4) is 0 Å². The third-order valence-electron chi connectivity index (χ3n) is 3.34. The van der Waals surface area contributed by atoms with Crippen LogP contribution in [0.2, 0.25) is 0 Å². The van der Waals surface area contributed by atoms with E-state index in [1.54, 1.807) is 6.33 Å². The summed E-state index contributed by atoms with van der Waals surface area (Å²) in [5.74, 6) is 1.62. The van der Waals surface area contributed by atoms with Crippen LogP contribution in [0.15, 0.2) is 18.7 Å². The van der Waals surface area contributed by atoms with E-state index in [4.69, 9.17) is 0 Å².